The molecule has 1 aromatic heterocycles. The molecule has 8 nitrogen and oxygen atoms in total. The Bertz CT molecular complexity index is 787. The molecule has 2 heterocycles. The molecule has 0 bridgehead atoms. The van der Waals surface area contributed by atoms with Gasteiger partial charge < -0.3 is 14.9 Å². The molecule has 0 radical (unpaired) electrons. The monoisotopic (exact) mass is 424 g/mol. The van der Waals surface area contributed by atoms with Gasteiger partial charge in [0.25, 0.3) is 5.56 Å². The van der Waals surface area contributed by atoms with Crippen molar-refractivity contribution in [1.29, 1.82) is 0 Å². The van der Waals surface area contributed by atoms with Crippen LogP contribution in [0.5, 0.6) is 0 Å². The van der Waals surface area contributed by atoms with Crippen molar-refractivity contribution in [1.82, 2.24) is 9.55 Å². The predicted molar refractivity (Wildman–Crippen MR) is 113 cm³/mol. The van der Waals surface area contributed by atoms with Gasteiger partial charge >= 0.3 is 5.69 Å². The van der Waals surface area contributed by atoms with Gasteiger partial charge in [-0.1, -0.05) is 58.3 Å². The van der Waals surface area contributed by atoms with Crippen LogP contribution < -0.4 is 11.2 Å². The maximum Gasteiger partial charge on any atom is 0.330 e. The largest absolute Gasteiger partial charge is 0.390 e. The molecule has 1 unspecified atom stereocenters. The number of Topliss-reactive ketones (excluding diaryl/α,β-unsaturated/α-hetero) is 1. The Morgan fingerprint density at radius 2 is 1.77 bits per heavy atom. The number of aromatic nitrogens is 2. The Labute approximate surface area is 177 Å². The number of carbonyl (C=O) groups excluding carboxylic acids is 1. The lowest BCUT2D eigenvalue weighted by Gasteiger charge is -2.20. The second-order valence-corrected chi connectivity index (χ2v) is 8.33. The van der Waals surface area contributed by atoms with Crippen molar-refractivity contribution in [3.8, 4) is 0 Å². The third kappa shape index (κ3) is 6.89. The maximum atomic E-state index is 12.3. The van der Waals surface area contributed by atoms with Crippen LogP contribution in [0.15, 0.2) is 15.8 Å². The predicted octanol–water partition coefficient (Wildman–Crippen LogP) is 2.34. The summed E-state index contributed by atoms with van der Waals surface area (Å²) >= 11 is 0. The molecule has 1 fully saturated rings. The molecule has 3 N–H and O–H groups in total. The second kappa shape index (κ2) is 12.2. The lowest BCUT2D eigenvalue weighted by atomic mass is 9.99. The van der Waals surface area contributed by atoms with Crippen molar-refractivity contribution < 1.29 is 19.7 Å². The first-order valence-electron chi connectivity index (χ1n) is 11.2. The van der Waals surface area contributed by atoms with Crippen LogP contribution in [0, 0.1) is 6.92 Å². The molecule has 0 spiro atoms. The van der Waals surface area contributed by atoms with Crippen LogP contribution >= 0.6 is 0 Å². The van der Waals surface area contributed by atoms with Gasteiger partial charge in [-0.25, -0.2) is 4.79 Å². The summed E-state index contributed by atoms with van der Waals surface area (Å²) in [5.74, 6) is -0.354. The molecule has 0 aliphatic carbocycles. The number of nitrogens with one attached hydrogen (secondary N) is 1. The fourth-order valence-corrected chi connectivity index (χ4v) is 3.87. The van der Waals surface area contributed by atoms with E-state index in [0.29, 0.717) is 12.0 Å². The van der Waals surface area contributed by atoms with Gasteiger partial charge in [0.15, 0.2) is 5.78 Å². The number of aryl methyl sites for hydroxylation is 1. The van der Waals surface area contributed by atoms with Crippen molar-refractivity contribution >= 4 is 5.78 Å². The van der Waals surface area contributed by atoms with Crippen LogP contribution in [0.1, 0.15) is 89.3 Å². The van der Waals surface area contributed by atoms with Crippen molar-refractivity contribution in [3.05, 3.63) is 32.6 Å². The van der Waals surface area contributed by atoms with Gasteiger partial charge in [-0.05, 0) is 13.3 Å². The zero-order valence-corrected chi connectivity index (χ0v) is 18.1. The Balaban J connectivity index is 1.76. The summed E-state index contributed by atoms with van der Waals surface area (Å²) in [4.78, 5) is 38.0. The topological polar surface area (TPSA) is 122 Å². The van der Waals surface area contributed by atoms with Crippen molar-refractivity contribution in [2.75, 3.05) is 0 Å². The van der Waals surface area contributed by atoms with Crippen molar-refractivity contribution in [2.45, 2.75) is 109 Å². The lowest BCUT2D eigenvalue weighted by molar-refractivity contribution is -0.141. The quantitative estimate of drug-likeness (QED) is 0.418. The molecule has 30 heavy (non-hydrogen) atoms. The fraction of sp³-hybridized carbons (Fsp3) is 0.773. The highest BCUT2D eigenvalue weighted by Gasteiger charge is 2.42. The first kappa shape index (κ1) is 24.5. The molecule has 0 amide bonds. The highest BCUT2D eigenvalue weighted by molar-refractivity contribution is 5.83. The average molecular weight is 425 g/mol. The summed E-state index contributed by atoms with van der Waals surface area (Å²) in [6.45, 7) is 3.76. The number of H-pyrrole nitrogens is 1. The minimum atomic E-state index is -1.43. The smallest absolute Gasteiger partial charge is 0.330 e. The number of hydrogen-bond donors (Lipinski definition) is 3. The Morgan fingerprint density at radius 3 is 2.40 bits per heavy atom. The standard InChI is InChI=1S/C22H36N2O6/c1-3-4-5-6-7-8-9-10-11-12-16(25)19(27)20-17(26)13-18(30-20)24-14-15(2)21(28)23-22(24)29/h14,17-20,26-27H,3-13H2,1-2H3,(H,23,28,29)/t17-,18+,19?,20-/m0/s1. The van der Waals surface area contributed by atoms with E-state index in [1.54, 1.807) is 6.92 Å². The molecule has 1 aromatic rings. The molecule has 2 rings (SSSR count). The highest BCUT2D eigenvalue weighted by atomic mass is 16.5. The zero-order chi connectivity index (χ0) is 22.1. The summed E-state index contributed by atoms with van der Waals surface area (Å²) in [5, 5.41) is 20.6. The van der Waals surface area contributed by atoms with Gasteiger partial charge in [-0.15, -0.1) is 0 Å². The summed E-state index contributed by atoms with van der Waals surface area (Å²) in [6.07, 6.45) is 7.42. The number of rotatable bonds is 13. The third-order valence-electron chi connectivity index (χ3n) is 5.76. The first-order chi connectivity index (χ1) is 14.3. The van der Waals surface area contributed by atoms with E-state index in [1.165, 1.54) is 49.3 Å². The SMILES string of the molecule is CCCCCCCCCCCC(=O)C(O)[C@H]1O[C@@H](n2cc(C)c(=O)[nH]c2=O)C[C@@H]1O. The minimum Gasteiger partial charge on any atom is -0.390 e. The zero-order valence-electron chi connectivity index (χ0n) is 18.1. The molecular formula is C22H36N2O6. The second-order valence-electron chi connectivity index (χ2n) is 8.33. The van der Waals surface area contributed by atoms with Gasteiger partial charge in [0.1, 0.15) is 18.4 Å². The van der Waals surface area contributed by atoms with Crippen LogP contribution in [0.4, 0.5) is 0 Å². The Morgan fingerprint density at radius 1 is 1.17 bits per heavy atom. The summed E-state index contributed by atoms with van der Waals surface area (Å²) in [6, 6.07) is 0. The summed E-state index contributed by atoms with van der Waals surface area (Å²) in [5.41, 5.74) is -0.806. The van der Waals surface area contributed by atoms with E-state index in [2.05, 4.69) is 11.9 Å². The van der Waals surface area contributed by atoms with E-state index in [-0.39, 0.29) is 18.6 Å². The van der Waals surface area contributed by atoms with Gasteiger partial charge in [-0.3, -0.25) is 19.1 Å². The van der Waals surface area contributed by atoms with Gasteiger partial charge in [0, 0.05) is 24.6 Å². The number of ether oxygens (including phenoxy) is 1. The lowest BCUT2D eigenvalue weighted by Crippen LogP contribution is -2.40. The molecule has 0 aromatic carbocycles. The van der Waals surface area contributed by atoms with Crippen molar-refractivity contribution in [3.63, 3.8) is 0 Å². The summed E-state index contributed by atoms with van der Waals surface area (Å²) < 4.78 is 6.81. The van der Waals surface area contributed by atoms with E-state index in [1.807, 2.05) is 0 Å². The Hall–Kier alpha value is -1.77. The number of aliphatic hydroxyl groups is 2. The maximum absolute atomic E-state index is 12.3. The number of ketones is 1. The van der Waals surface area contributed by atoms with E-state index in [4.69, 9.17) is 4.74 Å². The molecule has 170 valence electrons. The minimum absolute atomic E-state index is 0.0540. The first-order valence-corrected chi connectivity index (χ1v) is 11.2. The molecule has 1 aliphatic rings. The van der Waals surface area contributed by atoms with E-state index < -0.39 is 35.8 Å². The normalized spacial score (nSPS) is 22.3. The van der Waals surface area contributed by atoms with E-state index in [0.717, 1.165) is 12.8 Å². The summed E-state index contributed by atoms with van der Waals surface area (Å²) in [7, 11) is 0. The molecule has 8 heteroatoms. The number of aliphatic hydroxyl groups excluding tert-OH is 2. The van der Waals surface area contributed by atoms with Crippen LogP contribution in [0.2, 0.25) is 0 Å². The molecule has 0 saturated carbocycles. The van der Waals surface area contributed by atoms with Crippen LogP contribution in [-0.2, 0) is 9.53 Å². The van der Waals surface area contributed by atoms with Gasteiger partial charge in [0.2, 0.25) is 0 Å². The van der Waals surface area contributed by atoms with Crippen LogP contribution in [-0.4, -0.2) is 43.9 Å². The molecular weight excluding hydrogens is 388 g/mol. The highest BCUT2D eigenvalue weighted by Crippen LogP contribution is 2.30. The molecule has 1 saturated heterocycles. The number of hydrogen-bond acceptors (Lipinski definition) is 6. The van der Waals surface area contributed by atoms with Gasteiger partial charge in [0.05, 0.1) is 6.10 Å². The van der Waals surface area contributed by atoms with Crippen LogP contribution in [0.3, 0.4) is 0 Å². The number of unbranched alkanes of at least 4 members (excludes halogenated alkanes) is 8. The third-order valence-corrected chi connectivity index (χ3v) is 5.76. The number of nitrogens with zero attached hydrogens (tertiary/aromatic N) is 1. The van der Waals surface area contributed by atoms with E-state index >= 15 is 0 Å². The van der Waals surface area contributed by atoms with Gasteiger partial charge in [-0.2, -0.15) is 0 Å². The molecule has 1 aliphatic heterocycles. The number of aromatic amines is 1. The van der Waals surface area contributed by atoms with Crippen LogP contribution in [0.25, 0.3) is 0 Å². The Kier molecular flexibility index (Phi) is 9.94. The average Bonchev–Trinajstić information content (AvgIpc) is 3.10. The fourth-order valence-electron chi connectivity index (χ4n) is 3.87. The van der Waals surface area contributed by atoms with Crippen molar-refractivity contribution in [2.24, 2.45) is 0 Å². The molecule has 4 atom stereocenters. The number of carbonyl (C=O) groups is 1. The van der Waals surface area contributed by atoms with E-state index in [9.17, 15) is 24.6 Å².